The van der Waals surface area contributed by atoms with Gasteiger partial charge in [0.05, 0.1) is 11.9 Å². The number of aryl methyl sites for hydroxylation is 2. The number of carbonyl (C=O) groups excluding carboxylic acids is 1. The number of benzene rings is 1. The largest absolute Gasteiger partial charge is 0.299 e. The summed E-state index contributed by atoms with van der Waals surface area (Å²) >= 11 is 2.79. The van der Waals surface area contributed by atoms with E-state index < -0.39 is 15.9 Å². The summed E-state index contributed by atoms with van der Waals surface area (Å²) in [5.74, 6) is 0.396. The number of nitrogens with one attached hydrogen (secondary N) is 1. The lowest BCUT2D eigenvalue weighted by Crippen LogP contribution is -2.37. The minimum atomic E-state index is -3.61. The van der Waals surface area contributed by atoms with E-state index in [1.807, 2.05) is 32.9 Å². The highest BCUT2D eigenvalue weighted by molar-refractivity contribution is 8.01. The second kappa shape index (κ2) is 8.15. The van der Waals surface area contributed by atoms with Gasteiger partial charge < -0.3 is 0 Å². The fraction of sp³-hybridized carbons (Fsp3) is 0.400. The van der Waals surface area contributed by atoms with E-state index in [4.69, 9.17) is 0 Å². The molecule has 0 bridgehead atoms. The quantitative estimate of drug-likeness (QED) is 0.567. The van der Waals surface area contributed by atoms with Gasteiger partial charge in [-0.3, -0.25) is 14.4 Å². The summed E-state index contributed by atoms with van der Waals surface area (Å²) in [5, 5.41) is 10.8. The molecule has 2 aromatic rings. The van der Waals surface area contributed by atoms with Crippen LogP contribution in [0.25, 0.3) is 0 Å². The van der Waals surface area contributed by atoms with E-state index >= 15 is 0 Å². The fourth-order valence-electron chi connectivity index (χ4n) is 2.10. The van der Waals surface area contributed by atoms with E-state index in [0.717, 1.165) is 31.8 Å². The third-order valence-corrected chi connectivity index (χ3v) is 6.22. The zero-order chi connectivity index (χ0) is 18.6. The molecule has 0 unspecified atom stereocenters. The number of rotatable bonds is 7. The summed E-state index contributed by atoms with van der Waals surface area (Å²) in [4.78, 5) is 12.3. The van der Waals surface area contributed by atoms with Gasteiger partial charge in [0, 0.05) is 0 Å². The molecule has 0 spiro atoms. The average Bonchev–Trinajstić information content (AvgIpc) is 2.94. The predicted octanol–water partition coefficient (Wildman–Crippen LogP) is 2.67. The van der Waals surface area contributed by atoms with Crippen molar-refractivity contribution in [2.45, 2.75) is 25.1 Å². The second-order valence-corrected chi connectivity index (χ2v) is 9.81. The molecule has 1 amide bonds. The molecule has 0 saturated carbocycles. The first-order valence-corrected chi connectivity index (χ1v) is 11.2. The lowest BCUT2D eigenvalue weighted by molar-refractivity contribution is -0.114. The molecular formula is C15H20N4O3S3. The summed E-state index contributed by atoms with van der Waals surface area (Å²) in [6.45, 7) is 5.36. The Morgan fingerprint density at radius 1 is 1.32 bits per heavy atom. The van der Waals surface area contributed by atoms with Crippen LogP contribution in [0.5, 0.6) is 0 Å². The molecule has 1 aromatic carbocycles. The van der Waals surface area contributed by atoms with Gasteiger partial charge in [-0.25, -0.2) is 8.42 Å². The molecular weight excluding hydrogens is 380 g/mol. The van der Waals surface area contributed by atoms with Crippen LogP contribution in [0.4, 0.5) is 10.8 Å². The summed E-state index contributed by atoms with van der Waals surface area (Å²) in [6, 6.07) is 5.48. The van der Waals surface area contributed by atoms with Crippen LogP contribution in [0.3, 0.4) is 0 Å². The van der Waals surface area contributed by atoms with Gasteiger partial charge >= 0.3 is 0 Å². The van der Waals surface area contributed by atoms with Gasteiger partial charge in [0.1, 0.15) is 6.54 Å². The maximum atomic E-state index is 12.3. The lowest BCUT2D eigenvalue weighted by atomic mass is 10.1. The number of anilines is 2. The highest BCUT2D eigenvalue weighted by Gasteiger charge is 2.23. The Kier molecular flexibility index (Phi) is 6.42. The number of sulfonamides is 1. The molecule has 25 heavy (non-hydrogen) atoms. The lowest BCUT2D eigenvalue weighted by Gasteiger charge is -2.23. The van der Waals surface area contributed by atoms with Gasteiger partial charge in [0.15, 0.2) is 4.34 Å². The van der Waals surface area contributed by atoms with Crippen molar-refractivity contribution < 1.29 is 13.2 Å². The number of nitrogens with zero attached hydrogens (tertiary/aromatic N) is 3. The van der Waals surface area contributed by atoms with Crippen molar-refractivity contribution in [1.82, 2.24) is 10.2 Å². The number of amides is 1. The van der Waals surface area contributed by atoms with E-state index in [-0.39, 0.29) is 6.54 Å². The van der Waals surface area contributed by atoms with Crippen LogP contribution < -0.4 is 9.62 Å². The molecule has 0 radical (unpaired) electrons. The van der Waals surface area contributed by atoms with Crippen LogP contribution in [0.1, 0.15) is 18.1 Å². The molecule has 7 nitrogen and oxygen atoms in total. The van der Waals surface area contributed by atoms with Crippen LogP contribution in [0.2, 0.25) is 0 Å². The van der Waals surface area contributed by atoms with Crippen LogP contribution in [-0.2, 0) is 14.8 Å². The Morgan fingerprint density at radius 2 is 2.04 bits per heavy atom. The van der Waals surface area contributed by atoms with Gasteiger partial charge in [-0.2, -0.15) is 0 Å². The molecule has 0 aliphatic carbocycles. The van der Waals surface area contributed by atoms with Crippen molar-refractivity contribution in [3.8, 4) is 0 Å². The highest BCUT2D eigenvalue weighted by Crippen LogP contribution is 2.26. The summed E-state index contributed by atoms with van der Waals surface area (Å²) < 4.78 is 26.2. The molecule has 2 rings (SSSR count). The van der Waals surface area contributed by atoms with Crippen LogP contribution in [-0.4, -0.2) is 43.1 Å². The third-order valence-electron chi connectivity index (χ3n) is 3.24. The Balaban J connectivity index is 2.19. The first-order valence-electron chi connectivity index (χ1n) is 7.52. The second-order valence-electron chi connectivity index (χ2n) is 5.41. The van der Waals surface area contributed by atoms with E-state index in [2.05, 4.69) is 15.5 Å². The van der Waals surface area contributed by atoms with Crippen LogP contribution >= 0.6 is 23.1 Å². The predicted molar refractivity (Wildman–Crippen MR) is 103 cm³/mol. The van der Waals surface area contributed by atoms with E-state index in [0.29, 0.717) is 10.8 Å². The molecule has 0 atom stereocenters. The number of thioether (sulfide) groups is 1. The smallest absolute Gasteiger partial charge is 0.246 e. The van der Waals surface area contributed by atoms with Gasteiger partial charge in [0.25, 0.3) is 0 Å². The Hall–Kier alpha value is -1.65. The monoisotopic (exact) mass is 400 g/mol. The molecule has 1 aromatic heterocycles. The first-order chi connectivity index (χ1) is 11.7. The number of hydrogen-bond acceptors (Lipinski definition) is 7. The SMILES string of the molecule is CCSc1nnc(NC(=O)CN(c2cc(C)ccc2C)S(C)(=O)=O)s1. The third kappa shape index (κ3) is 5.41. The highest BCUT2D eigenvalue weighted by atomic mass is 32.2. The van der Waals surface area contributed by atoms with Crippen molar-refractivity contribution >= 4 is 49.8 Å². The van der Waals surface area contributed by atoms with Gasteiger partial charge in [-0.05, 0) is 36.8 Å². The van der Waals surface area contributed by atoms with Crippen molar-refractivity contribution in [3.63, 3.8) is 0 Å². The van der Waals surface area contributed by atoms with Crippen LogP contribution in [0.15, 0.2) is 22.5 Å². The number of hydrogen-bond donors (Lipinski definition) is 1. The zero-order valence-electron chi connectivity index (χ0n) is 14.4. The van der Waals surface area contributed by atoms with Crippen LogP contribution in [0, 0.1) is 13.8 Å². The van der Waals surface area contributed by atoms with Gasteiger partial charge in [-0.1, -0.05) is 42.2 Å². The summed E-state index contributed by atoms with van der Waals surface area (Å²) in [7, 11) is -3.61. The molecule has 0 aliphatic heterocycles. The Labute approximate surface area is 155 Å². The molecule has 0 fully saturated rings. The maximum Gasteiger partial charge on any atom is 0.246 e. The molecule has 0 saturated heterocycles. The molecule has 136 valence electrons. The first kappa shape index (κ1) is 19.7. The fourth-order valence-corrected chi connectivity index (χ4v) is 4.67. The summed E-state index contributed by atoms with van der Waals surface area (Å²) in [6.07, 6.45) is 1.09. The van der Waals surface area contributed by atoms with Gasteiger partial charge in [0.2, 0.25) is 21.1 Å². The van der Waals surface area contributed by atoms with Gasteiger partial charge in [-0.15, -0.1) is 10.2 Å². The molecule has 1 N–H and O–H groups in total. The van der Waals surface area contributed by atoms with Crippen molar-refractivity contribution in [3.05, 3.63) is 29.3 Å². The normalized spacial score (nSPS) is 11.4. The summed E-state index contributed by atoms with van der Waals surface area (Å²) in [5.41, 5.74) is 2.19. The van der Waals surface area contributed by atoms with Crippen molar-refractivity contribution in [2.75, 3.05) is 28.2 Å². The Bertz CT molecular complexity index is 865. The average molecular weight is 401 g/mol. The zero-order valence-corrected chi connectivity index (χ0v) is 16.9. The van der Waals surface area contributed by atoms with E-state index in [9.17, 15) is 13.2 Å². The minimum absolute atomic E-state index is 0.320. The van der Waals surface area contributed by atoms with E-state index in [1.165, 1.54) is 23.1 Å². The van der Waals surface area contributed by atoms with Crippen molar-refractivity contribution in [1.29, 1.82) is 0 Å². The maximum absolute atomic E-state index is 12.3. The molecule has 10 heteroatoms. The Morgan fingerprint density at radius 3 is 2.68 bits per heavy atom. The minimum Gasteiger partial charge on any atom is -0.299 e. The van der Waals surface area contributed by atoms with Crippen molar-refractivity contribution in [2.24, 2.45) is 0 Å². The molecule has 1 heterocycles. The molecule has 0 aliphatic rings. The number of aromatic nitrogens is 2. The van der Waals surface area contributed by atoms with E-state index in [1.54, 1.807) is 6.07 Å². The standard InChI is InChI=1S/C15H20N4O3S3/c1-5-23-15-18-17-14(24-15)16-13(20)9-19(25(4,21)22)12-8-10(2)6-7-11(12)3/h6-8H,5,9H2,1-4H3,(H,16,17,20). The topological polar surface area (TPSA) is 92.3 Å². The number of carbonyl (C=O) groups is 1.